The van der Waals surface area contributed by atoms with Crippen molar-refractivity contribution in [1.82, 2.24) is 27.4 Å². The Morgan fingerprint density at radius 1 is 0.136 bits per heavy atom. The van der Waals surface area contributed by atoms with Crippen LogP contribution in [0.4, 0.5) is 0 Å². The SMILES string of the molecule is N#Cc1cccc(-n2c3ccccc3c3cc(-c4ccc5c(c4)c4ccccc4n5-c4ccccc4)ccc32)c1.c1ccc(-n2c3ccccc3c3cc(-c4ccc5c(c4)c4ccccc4n5-c4ccc5c(c4)C4(c6ccccc6-c6ccccc64)c4ccccc4-5)ccc32)cc1.c1ccc(-n2c3ccccc3c3cc(-c4ccc5c(c4)c4ccccc4n5-c4ccc5c6ccccc6c6ccccc6c5c4)ccc32)cc1. The maximum absolute atomic E-state index is 9.50. The minimum absolute atomic E-state index is 0.386. The highest BCUT2D eigenvalue weighted by molar-refractivity contribution is 6.26. The van der Waals surface area contributed by atoms with Gasteiger partial charge in [0.05, 0.1) is 83.2 Å². The molecule has 0 atom stereocenters. The van der Waals surface area contributed by atoms with Crippen LogP contribution < -0.4 is 0 Å². The van der Waals surface area contributed by atoms with Crippen molar-refractivity contribution in [1.29, 1.82) is 5.26 Å². The summed E-state index contributed by atoms with van der Waals surface area (Å²) in [5, 5.41) is 32.2. The molecule has 0 saturated carbocycles. The summed E-state index contributed by atoms with van der Waals surface area (Å²) in [4.78, 5) is 0. The van der Waals surface area contributed by atoms with E-state index in [1.807, 2.05) is 18.2 Å². The van der Waals surface area contributed by atoms with Gasteiger partial charge < -0.3 is 27.4 Å². The largest absolute Gasteiger partial charge is 0.309 e. The quantitative estimate of drug-likeness (QED) is 0.133. The second-order valence-electron chi connectivity index (χ2n) is 39.1. The van der Waals surface area contributed by atoms with E-state index in [-0.39, 0.29) is 5.41 Å². The molecule has 0 saturated heterocycles. The van der Waals surface area contributed by atoms with Crippen LogP contribution in [0.25, 0.3) is 253 Å². The van der Waals surface area contributed by atoms with Crippen LogP contribution in [0.15, 0.2) is 528 Å². The standard InChI is InChI=1S/C55H34N2.C48H30N2.C37H23N3/c1-2-14-37(15-3-1)56-51-24-12-7-19-43(51)45-32-35(26-30-53(45)56)36-27-31-54-46(33-36)44-20-8-13-25-52(44)57(54)38-28-29-42-41-18-6-11-23-49(41)55(50(42)34-38)47-21-9-4-16-39(47)40-17-5-10-22-48(40)55;1-2-12-33(13-3-1)49-45-20-10-8-18-40(45)43-28-31(22-26-47(43)49)32-23-27-48-44(29-32)41-19-9-11-21-46(41)50(48)34-24-25-39-37-16-5-4-14-35(37)36-15-6-7-17-38(36)42(39)30-34;38-24-25-9-8-12-29(21-25)40-35-16-7-5-14-31(35)33-23-27(18-20-37(33)40)26-17-19-36-32(22-26)30-13-4-6-15-34(30)39(36)28-10-2-1-3-11-28/h1-34H;1-30H;1-23H. The van der Waals surface area contributed by atoms with Crippen molar-refractivity contribution in [2.75, 3.05) is 0 Å². The topological polar surface area (TPSA) is 53.4 Å². The third kappa shape index (κ3) is 12.6. The van der Waals surface area contributed by atoms with E-state index in [0.717, 1.165) is 22.4 Å². The molecular weight excluding hydrogens is 1780 g/mol. The summed E-state index contributed by atoms with van der Waals surface area (Å²) in [7, 11) is 0. The van der Waals surface area contributed by atoms with Crippen LogP contribution in [0.5, 0.6) is 0 Å². The van der Waals surface area contributed by atoms with Crippen LogP contribution in [0, 0.1) is 11.3 Å². The van der Waals surface area contributed by atoms with Crippen molar-refractivity contribution in [3.8, 4) is 95.8 Å². The number of nitrogens with zero attached hydrogens (tertiary/aromatic N) is 7. The molecule has 7 heteroatoms. The summed E-state index contributed by atoms with van der Waals surface area (Å²) in [6.45, 7) is 0. The Bertz CT molecular complexity index is 10700. The van der Waals surface area contributed by atoms with Gasteiger partial charge in [-0.2, -0.15) is 5.26 Å². The molecule has 6 aromatic heterocycles. The molecule has 682 valence electrons. The Balaban J connectivity index is 0.000000104. The zero-order valence-corrected chi connectivity index (χ0v) is 79.9. The van der Waals surface area contributed by atoms with E-state index in [1.165, 1.54) is 253 Å². The summed E-state index contributed by atoms with van der Waals surface area (Å²) < 4.78 is 14.3. The number of para-hydroxylation sites is 9. The molecule has 147 heavy (non-hydrogen) atoms. The molecule has 24 aromatic carbocycles. The minimum Gasteiger partial charge on any atom is -0.309 e. The van der Waals surface area contributed by atoms with Gasteiger partial charge in [-0.25, -0.2) is 0 Å². The summed E-state index contributed by atoms with van der Waals surface area (Å²) in [6.07, 6.45) is 0. The van der Waals surface area contributed by atoms with E-state index in [9.17, 15) is 5.26 Å². The van der Waals surface area contributed by atoms with E-state index in [1.54, 1.807) is 0 Å². The normalized spacial score (nSPS) is 12.4. The van der Waals surface area contributed by atoms with Crippen LogP contribution in [0.2, 0.25) is 0 Å². The fourth-order valence-electron chi connectivity index (χ4n) is 25.3. The predicted molar refractivity (Wildman–Crippen MR) is 615 cm³/mol. The van der Waals surface area contributed by atoms with Crippen LogP contribution in [-0.4, -0.2) is 27.4 Å². The van der Waals surface area contributed by atoms with Gasteiger partial charge in [-0.15, -0.1) is 0 Å². The second-order valence-corrected chi connectivity index (χ2v) is 39.1. The summed E-state index contributed by atoms with van der Waals surface area (Å²) in [6, 6.07) is 195. The van der Waals surface area contributed by atoms with Crippen LogP contribution in [-0.2, 0) is 5.41 Å². The fraction of sp³-hybridized carbons (Fsp3) is 0.00714. The van der Waals surface area contributed by atoms with Gasteiger partial charge in [-0.05, 0) is 298 Å². The van der Waals surface area contributed by atoms with Crippen molar-refractivity contribution in [3.63, 3.8) is 0 Å². The molecule has 32 rings (SSSR count). The zero-order chi connectivity index (χ0) is 96.6. The number of nitriles is 1. The number of hydrogen-bond donors (Lipinski definition) is 0. The molecule has 30 aromatic rings. The van der Waals surface area contributed by atoms with Crippen molar-refractivity contribution in [2.45, 2.75) is 5.41 Å². The molecule has 2 aliphatic carbocycles. The lowest BCUT2D eigenvalue weighted by molar-refractivity contribution is 0.792. The first-order chi connectivity index (χ1) is 72.9. The summed E-state index contributed by atoms with van der Waals surface area (Å²) in [5.41, 5.74) is 39.5. The predicted octanol–water partition coefficient (Wildman–Crippen LogP) is 36.3. The zero-order valence-electron chi connectivity index (χ0n) is 79.9. The molecule has 7 nitrogen and oxygen atoms in total. The summed E-state index contributed by atoms with van der Waals surface area (Å²) >= 11 is 0. The van der Waals surface area contributed by atoms with Gasteiger partial charge in [-0.3, -0.25) is 0 Å². The second kappa shape index (κ2) is 33.0. The monoisotopic (exact) mass is 1870 g/mol. The highest BCUT2D eigenvalue weighted by Crippen LogP contribution is 2.63. The highest BCUT2D eigenvalue weighted by Gasteiger charge is 2.52. The molecule has 0 radical (unpaired) electrons. The molecule has 2 aliphatic rings. The molecule has 1 spiro atoms. The first-order valence-electron chi connectivity index (χ1n) is 50.6. The average molecular weight is 1870 g/mol. The summed E-state index contributed by atoms with van der Waals surface area (Å²) in [5.74, 6) is 0. The number of hydrogen-bond acceptors (Lipinski definition) is 1. The van der Waals surface area contributed by atoms with Gasteiger partial charge in [0.2, 0.25) is 0 Å². The Morgan fingerprint density at radius 2 is 0.361 bits per heavy atom. The van der Waals surface area contributed by atoms with E-state index in [4.69, 9.17) is 0 Å². The minimum atomic E-state index is -0.386. The maximum Gasteiger partial charge on any atom is 0.0992 e. The van der Waals surface area contributed by atoms with E-state index < -0.39 is 0 Å². The Labute approximate surface area is 846 Å². The first-order valence-corrected chi connectivity index (χ1v) is 50.6. The molecule has 0 aliphatic heterocycles. The van der Waals surface area contributed by atoms with Gasteiger partial charge in [0.15, 0.2) is 0 Å². The molecule has 0 amide bonds. The third-order valence-electron chi connectivity index (χ3n) is 31.5. The lowest BCUT2D eigenvalue weighted by atomic mass is 9.70. The number of benzene rings is 24. The lowest BCUT2D eigenvalue weighted by Gasteiger charge is -2.30. The van der Waals surface area contributed by atoms with Crippen molar-refractivity contribution >= 4 is 163 Å². The Hall–Kier alpha value is -19.7. The van der Waals surface area contributed by atoms with E-state index in [2.05, 4.69) is 543 Å². The van der Waals surface area contributed by atoms with Crippen molar-refractivity contribution in [3.05, 3.63) is 556 Å². The Morgan fingerprint density at radius 3 is 0.673 bits per heavy atom. The molecule has 0 bridgehead atoms. The number of rotatable bonds is 9. The molecular formula is C140H87N7. The van der Waals surface area contributed by atoms with Crippen molar-refractivity contribution in [2.24, 2.45) is 0 Å². The molecule has 0 fully saturated rings. The van der Waals surface area contributed by atoms with Gasteiger partial charge in [0, 0.05) is 98.8 Å². The highest BCUT2D eigenvalue weighted by atomic mass is 15.0. The van der Waals surface area contributed by atoms with Crippen molar-refractivity contribution < 1.29 is 0 Å². The van der Waals surface area contributed by atoms with Gasteiger partial charge in [-0.1, -0.05) is 340 Å². The Kier molecular flexibility index (Phi) is 18.7. The third-order valence-corrected chi connectivity index (χ3v) is 31.5. The first kappa shape index (κ1) is 83.2. The fourth-order valence-corrected chi connectivity index (χ4v) is 25.3. The molecule has 0 unspecified atom stereocenters. The van der Waals surface area contributed by atoms with Crippen LogP contribution in [0.1, 0.15) is 27.8 Å². The lowest BCUT2D eigenvalue weighted by Crippen LogP contribution is -2.26. The van der Waals surface area contributed by atoms with E-state index >= 15 is 0 Å². The van der Waals surface area contributed by atoms with Gasteiger partial charge in [0.25, 0.3) is 0 Å². The van der Waals surface area contributed by atoms with E-state index in [0.29, 0.717) is 5.56 Å². The average Bonchev–Trinajstić information content (AvgIpc) is 1.50. The number of aromatic nitrogens is 6. The number of fused-ring (bicyclic) bond motifs is 34. The van der Waals surface area contributed by atoms with Crippen LogP contribution >= 0.6 is 0 Å². The van der Waals surface area contributed by atoms with Crippen LogP contribution in [0.3, 0.4) is 0 Å². The van der Waals surface area contributed by atoms with Gasteiger partial charge >= 0.3 is 0 Å². The smallest absolute Gasteiger partial charge is 0.0992 e. The van der Waals surface area contributed by atoms with Gasteiger partial charge in [0.1, 0.15) is 0 Å². The molecule has 0 N–H and O–H groups in total. The molecule has 6 heterocycles. The maximum atomic E-state index is 9.50.